The topological polar surface area (TPSA) is 74.2 Å². The van der Waals surface area contributed by atoms with Gasteiger partial charge in [0.05, 0.1) is 17.2 Å². The van der Waals surface area contributed by atoms with Crippen LogP contribution in [-0.2, 0) is 11.3 Å². The van der Waals surface area contributed by atoms with Crippen LogP contribution in [0.25, 0.3) is 0 Å². The molecule has 2 aliphatic heterocycles. The summed E-state index contributed by atoms with van der Waals surface area (Å²) in [4.78, 5) is 30.8. The Kier molecular flexibility index (Phi) is 4.55. The first-order valence-electron chi connectivity index (χ1n) is 9.11. The minimum atomic E-state index is -0.430. The van der Waals surface area contributed by atoms with Crippen LogP contribution in [0, 0.1) is 5.41 Å². The maximum Gasteiger partial charge on any atom is 0.229 e. The number of rotatable bonds is 4. The summed E-state index contributed by atoms with van der Waals surface area (Å²) in [6, 6.07) is 7.86. The summed E-state index contributed by atoms with van der Waals surface area (Å²) >= 11 is 0. The van der Waals surface area contributed by atoms with Crippen LogP contribution in [0.2, 0.25) is 0 Å². The van der Waals surface area contributed by atoms with Gasteiger partial charge in [0.25, 0.3) is 0 Å². The Morgan fingerprint density at radius 1 is 1.23 bits per heavy atom. The van der Waals surface area contributed by atoms with Gasteiger partial charge in [-0.1, -0.05) is 6.07 Å². The predicted octanol–water partition coefficient (Wildman–Crippen LogP) is 1.09. The molecule has 7 nitrogen and oxygen atoms in total. The van der Waals surface area contributed by atoms with E-state index in [0.717, 1.165) is 44.7 Å². The highest BCUT2D eigenvalue weighted by atomic mass is 16.2. The summed E-state index contributed by atoms with van der Waals surface area (Å²) in [5.74, 6) is 0.830. The number of hydrogen-bond acceptors (Lipinski definition) is 6. The number of carbonyl (C=O) groups is 1. The van der Waals surface area contributed by atoms with Crippen molar-refractivity contribution in [3.63, 3.8) is 0 Å². The number of aromatic nitrogens is 3. The number of piperidine rings is 1. The Morgan fingerprint density at radius 2 is 2.04 bits per heavy atom. The van der Waals surface area contributed by atoms with Gasteiger partial charge in [-0.05, 0) is 31.0 Å². The number of likely N-dealkylation sites (tertiary alicyclic amines) is 1. The van der Waals surface area contributed by atoms with E-state index in [2.05, 4.69) is 30.1 Å². The first-order chi connectivity index (χ1) is 12.7. The van der Waals surface area contributed by atoms with Gasteiger partial charge in [0, 0.05) is 51.8 Å². The third-order valence-corrected chi connectivity index (χ3v) is 5.57. The molecule has 2 aromatic rings. The Bertz CT molecular complexity index is 755. The van der Waals surface area contributed by atoms with Crippen LogP contribution in [0.3, 0.4) is 0 Å². The first kappa shape index (κ1) is 16.9. The minimum absolute atomic E-state index is 0.0716. The van der Waals surface area contributed by atoms with E-state index in [1.54, 1.807) is 19.4 Å². The maximum absolute atomic E-state index is 12.9. The molecule has 0 bridgehead atoms. The molecule has 7 heteroatoms. The molecule has 0 aliphatic carbocycles. The minimum Gasteiger partial charge on any atom is -0.359 e. The van der Waals surface area contributed by atoms with Crippen LogP contribution in [0.1, 0.15) is 18.5 Å². The van der Waals surface area contributed by atoms with Gasteiger partial charge in [-0.25, -0.2) is 9.97 Å². The van der Waals surface area contributed by atoms with Crippen molar-refractivity contribution in [3.05, 3.63) is 48.5 Å². The van der Waals surface area contributed by atoms with E-state index < -0.39 is 5.41 Å². The standard InChI is InChI=1S/C19H24N6O/c1-20-17(26)19-7-4-11-25(18-22-9-5-10-23-18)16(19)13-24(14-19)12-15-6-2-3-8-21-15/h2-3,5-6,8-10,16H,4,7,11-14H2,1H3,(H,20,26)/t16-,19-/m1/s1. The van der Waals surface area contributed by atoms with Gasteiger partial charge in [-0.3, -0.25) is 14.7 Å². The smallest absolute Gasteiger partial charge is 0.229 e. The number of carbonyl (C=O) groups excluding carboxylic acids is 1. The van der Waals surface area contributed by atoms with E-state index in [1.807, 2.05) is 30.5 Å². The second-order valence-electron chi connectivity index (χ2n) is 7.09. The summed E-state index contributed by atoms with van der Waals surface area (Å²) in [7, 11) is 1.73. The largest absolute Gasteiger partial charge is 0.359 e. The Morgan fingerprint density at radius 3 is 2.77 bits per heavy atom. The number of nitrogens with one attached hydrogen (secondary N) is 1. The second-order valence-corrected chi connectivity index (χ2v) is 7.09. The fourth-order valence-corrected chi connectivity index (χ4v) is 4.46. The molecule has 2 aromatic heterocycles. The highest BCUT2D eigenvalue weighted by Gasteiger charge is 2.55. The third-order valence-electron chi connectivity index (χ3n) is 5.57. The van der Waals surface area contributed by atoms with Gasteiger partial charge in [0.1, 0.15) is 0 Å². The van der Waals surface area contributed by atoms with Crippen molar-refractivity contribution in [1.29, 1.82) is 0 Å². The molecule has 1 N–H and O–H groups in total. The average Bonchev–Trinajstić information content (AvgIpc) is 3.08. The molecule has 0 saturated carbocycles. The van der Waals surface area contributed by atoms with Crippen molar-refractivity contribution < 1.29 is 4.79 Å². The molecule has 2 saturated heterocycles. The predicted molar refractivity (Wildman–Crippen MR) is 98.4 cm³/mol. The summed E-state index contributed by atoms with van der Waals surface area (Å²) in [5.41, 5.74) is 0.599. The third kappa shape index (κ3) is 2.92. The van der Waals surface area contributed by atoms with Crippen molar-refractivity contribution in [2.24, 2.45) is 5.41 Å². The molecule has 1 amide bonds. The molecule has 4 heterocycles. The van der Waals surface area contributed by atoms with Crippen LogP contribution in [0.5, 0.6) is 0 Å². The van der Waals surface area contributed by atoms with Gasteiger partial charge in [0.15, 0.2) is 0 Å². The lowest BCUT2D eigenvalue weighted by molar-refractivity contribution is -0.131. The maximum atomic E-state index is 12.9. The van der Waals surface area contributed by atoms with Crippen LogP contribution < -0.4 is 10.2 Å². The molecule has 0 aromatic carbocycles. The quantitative estimate of drug-likeness (QED) is 0.888. The summed E-state index contributed by atoms with van der Waals surface area (Å²) < 4.78 is 0. The normalized spacial score (nSPS) is 25.7. The van der Waals surface area contributed by atoms with Gasteiger partial charge >= 0.3 is 0 Å². The first-order valence-corrected chi connectivity index (χ1v) is 9.11. The van der Waals surface area contributed by atoms with Crippen LogP contribution >= 0.6 is 0 Å². The van der Waals surface area contributed by atoms with Crippen molar-refractivity contribution in [2.75, 3.05) is 31.6 Å². The lowest BCUT2D eigenvalue weighted by Crippen LogP contribution is -2.58. The number of nitrogens with zero attached hydrogens (tertiary/aromatic N) is 5. The van der Waals surface area contributed by atoms with Gasteiger partial charge < -0.3 is 10.2 Å². The zero-order valence-electron chi connectivity index (χ0n) is 15.0. The van der Waals surface area contributed by atoms with Crippen LogP contribution in [-0.4, -0.2) is 58.5 Å². The summed E-state index contributed by atoms with van der Waals surface area (Å²) in [6.45, 7) is 3.17. The lowest BCUT2D eigenvalue weighted by Gasteiger charge is -2.44. The zero-order valence-corrected chi connectivity index (χ0v) is 15.0. The van der Waals surface area contributed by atoms with Gasteiger partial charge in [-0.2, -0.15) is 0 Å². The molecule has 2 aliphatic rings. The molecule has 136 valence electrons. The van der Waals surface area contributed by atoms with Crippen LogP contribution in [0.4, 0.5) is 5.95 Å². The summed E-state index contributed by atoms with van der Waals surface area (Å²) in [6.07, 6.45) is 7.19. The molecule has 0 unspecified atom stereocenters. The monoisotopic (exact) mass is 352 g/mol. The van der Waals surface area contributed by atoms with E-state index in [4.69, 9.17) is 0 Å². The van der Waals surface area contributed by atoms with Crippen LogP contribution in [0.15, 0.2) is 42.9 Å². The Labute approximate surface area is 153 Å². The molecule has 2 atom stereocenters. The molecular weight excluding hydrogens is 328 g/mol. The summed E-state index contributed by atoms with van der Waals surface area (Å²) in [5, 5.41) is 2.90. The number of hydrogen-bond donors (Lipinski definition) is 1. The van der Waals surface area contributed by atoms with E-state index in [0.29, 0.717) is 5.95 Å². The van der Waals surface area contributed by atoms with Crippen molar-refractivity contribution in [3.8, 4) is 0 Å². The Balaban J connectivity index is 1.64. The molecule has 0 radical (unpaired) electrons. The zero-order chi connectivity index (χ0) is 18.0. The molecule has 26 heavy (non-hydrogen) atoms. The van der Waals surface area contributed by atoms with Crippen molar-refractivity contribution in [1.82, 2.24) is 25.2 Å². The average molecular weight is 352 g/mol. The molecule has 4 rings (SSSR count). The van der Waals surface area contributed by atoms with E-state index >= 15 is 0 Å². The fraction of sp³-hybridized carbons (Fsp3) is 0.474. The number of anilines is 1. The SMILES string of the molecule is CNC(=O)[C@@]12CCCN(c3ncccn3)[C@@H]1CN(Cc1ccccn1)C2. The molecule has 2 fully saturated rings. The van der Waals surface area contributed by atoms with E-state index in [-0.39, 0.29) is 11.9 Å². The number of pyridine rings is 1. The highest BCUT2D eigenvalue weighted by molar-refractivity contribution is 5.85. The second kappa shape index (κ2) is 6.99. The number of amides is 1. The number of fused-ring (bicyclic) bond motifs is 1. The van der Waals surface area contributed by atoms with E-state index in [9.17, 15) is 4.79 Å². The molecular formula is C19H24N6O. The van der Waals surface area contributed by atoms with Crippen molar-refractivity contribution >= 4 is 11.9 Å². The lowest BCUT2D eigenvalue weighted by atomic mass is 9.74. The van der Waals surface area contributed by atoms with Gasteiger partial charge in [0.2, 0.25) is 11.9 Å². The molecule has 0 spiro atoms. The van der Waals surface area contributed by atoms with Gasteiger partial charge in [-0.15, -0.1) is 0 Å². The van der Waals surface area contributed by atoms with Crippen molar-refractivity contribution in [2.45, 2.75) is 25.4 Å². The fourth-order valence-electron chi connectivity index (χ4n) is 4.46. The Hall–Kier alpha value is -2.54. The van der Waals surface area contributed by atoms with E-state index in [1.165, 1.54) is 0 Å². The highest BCUT2D eigenvalue weighted by Crippen LogP contribution is 2.43.